The number of hydrogen-bond donors (Lipinski definition) is 3. The highest BCUT2D eigenvalue weighted by molar-refractivity contribution is 6.31. The molecular formula is C14H17ClN2O4. The number of aliphatic carboxylic acids is 1. The van der Waals surface area contributed by atoms with Crippen molar-refractivity contribution in [2.75, 3.05) is 12.4 Å². The minimum absolute atomic E-state index is 0.128. The zero-order valence-electron chi connectivity index (χ0n) is 11.6. The molecule has 0 radical (unpaired) electrons. The van der Waals surface area contributed by atoms with Crippen molar-refractivity contribution >= 4 is 29.3 Å². The van der Waals surface area contributed by atoms with Crippen LogP contribution in [-0.4, -0.2) is 30.3 Å². The van der Waals surface area contributed by atoms with Crippen LogP contribution < -0.4 is 15.4 Å². The van der Waals surface area contributed by atoms with Gasteiger partial charge in [-0.15, -0.1) is 0 Å². The molecular weight excluding hydrogens is 296 g/mol. The molecule has 1 aliphatic carbocycles. The number of carbonyl (C=O) groups excluding carboxylic acids is 1. The third-order valence-corrected chi connectivity index (χ3v) is 3.76. The number of carboxylic acids is 1. The van der Waals surface area contributed by atoms with Gasteiger partial charge in [-0.1, -0.05) is 11.6 Å². The number of benzene rings is 1. The topological polar surface area (TPSA) is 87.7 Å². The lowest BCUT2D eigenvalue weighted by Gasteiger charge is -2.15. The third kappa shape index (κ3) is 4.01. The standard InChI is InChI=1S/C14H17ClN2O4/c1-21-12-5-3-9(15)7-11(12)17-14(20)16-10-4-2-8(6-10)13(18)19/h3,5,7-8,10H,2,4,6H2,1H3,(H,18,19)(H2,16,17,20)/t8-,10+/m1/s1. The second kappa shape index (κ2) is 6.67. The molecule has 1 saturated carbocycles. The van der Waals surface area contributed by atoms with E-state index in [-0.39, 0.29) is 12.0 Å². The Balaban J connectivity index is 1.93. The lowest BCUT2D eigenvalue weighted by atomic mass is 10.1. The number of carboxylic acid groups (broad SMARTS) is 1. The van der Waals surface area contributed by atoms with Crippen LogP contribution in [0.25, 0.3) is 0 Å². The fraction of sp³-hybridized carbons (Fsp3) is 0.429. The highest BCUT2D eigenvalue weighted by atomic mass is 35.5. The molecule has 1 fully saturated rings. The van der Waals surface area contributed by atoms with E-state index in [1.807, 2.05) is 0 Å². The number of carbonyl (C=O) groups is 2. The Morgan fingerprint density at radius 3 is 2.76 bits per heavy atom. The van der Waals surface area contributed by atoms with Crippen molar-refractivity contribution in [1.82, 2.24) is 5.32 Å². The molecule has 0 saturated heterocycles. The number of rotatable bonds is 4. The molecule has 1 aromatic rings. The van der Waals surface area contributed by atoms with Gasteiger partial charge < -0.3 is 20.5 Å². The number of nitrogens with one attached hydrogen (secondary N) is 2. The number of amides is 2. The molecule has 2 atom stereocenters. The molecule has 21 heavy (non-hydrogen) atoms. The van der Waals surface area contributed by atoms with E-state index in [4.69, 9.17) is 21.4 Å². The van der Waals surface area contributed by atoms with Crippen LogP contribution in [0.1, 0.15) is 19.3 Å². The molecule has 114 valence electrons. The van der Waals surface area contributed by atoms with Crippen LogP contribution in [0.4, 0.5) is 10.5 Å². The van der Waals surface area contributed by atoms with Gasteiger partial charge >= 0.3 is 12.0 Å². The van der Waals surface area contributed by atoms with E-state index < -0.39 is 12.0 Å². The SMILES string of the molecule is COc1ccc(Cl)cc1NC(=O)N[C@H]1CC[C@@H](C(=O)O)C1. The summed E-state index contributed by atoms with van der Waals surface area (Å²) in [6, 6.07) is 4.39. The summed E-state index contributed by atoms with van der Waals surface area (Å²) < 4.78 is 5.14. The van der Waals surface area contributed by atoms with Crippen molar-refractivity contribution in [3.8, 4) is 5.75 Å². The zero-order valence-corrected chi connectivity index (χ0v) is 12.3. The Morgan fingerprint density at radius 2 is 2.14 bits per heavy atom. The lowest BCUT2D eigenvalue weighted by molar-refractivity contribution is -0.141. The van der Waals surface area contributed by atoms with Gasteiger partial charge in [-0.05, 0) is 37.5 Å². The van der Waals surface area contributed by atoms with E-state index in [0.29, 0.717) is 35.7 Å². The van der Waals surface area contributed by atoms with Crippen LogP contribution >= 0.6 is 11.6 Å². The van der Waals surface area contributed by atoms with Crippen LogP contribution in [0, 0.1) is 5.92 Å². The highest BCUT2D eigenvalue weighted by Gasteiger charge is 2.30. The van der Waals surface area contributed by atoms with Crippen molar-refractivity contribution in [2.24, 2.45) is 5.92 Å². The minimum atomic E-state index is -0.809. The van der Waals surface area contributed by atoms with E-state index in [2.05, 4.69) is 10.6 Å². The molecule has 6 nitrogen and oxygen atoms in total. The number of urea groups is 1. The predicted octanol–water partition coefficient (Wildman–Crippen LogP) is 2.72. The maximum absolute atomic E-state index is 12.0. The van der Waals surface area contributed by atoms with Gasteiger partial charge in [0.25, 0.3) is 0 Å². The minimum Gasteiger partial charge on any atom is -0.495 e. The second-order valence-electron chi connectivity index (χ2n) is 4.99. The second-order valence-corrected chi connectivity index (χ2v) is 5.42. The van der Waals surface area contributed by atoms with Crippen LogP contribution in [0.2, 0.25) is 5.02 Å². The Kier molecular flexibility index (Phi) is 4.90. The maximum atomic E-state index is 12.0. The number of anilines is 1. The van der Waals surface area contributed by atoms with Gasteiger partial charge in [0, 0.05) is 11.1 Å². The summed E-state index contributed by atoms with van der Waals surface area (Å²) in [5.41, 5.74) is 0.468. The van der Waals surface area contributed by atoms with Gasteiger partial charge in [0.2, 0.25) is 0 Å². The summed E-state index contributed by atoms with van der Waals surface area (Å²) in [4.78, 5) is 22.8. The summed E-state index contributed by atoms with van der Waals surface area (Å²) in [7, 11) is 1.50. The average molecular weight is 313 g/mol. The summed E-state index contributed by atoms with van der Waals surface area (Å²) >= 11 is 5.89. The zero-order chi connectivity index (χ0) is 15.4. The predicted molar refractivity (Wildman–Crippen MR) is 78.9 cm³/mol. The molecule has 2 amide bonds. The van der Waals surface area contributed by atoms with Crippen LogP contribution in [0.15, 0.2) is 18.2 Å². The van der Waals surface area contributed by atoms with Crippen molar-refractivity contribution < 1.29 is 19.4 Å². The molecule has 1 aliphatic rings. The van der Waals surface area contributed by atoms with Gasteiger partial charge in [-0.3, -0.25) is 4.79 Å². The Labute approximate surface area is 127 Å². The van der Waals surface area contributed by atoms with E-state index in [9.17, 15) is 9.59 Å². The summed E-state index contributed by atoms with van der Waals surface area (Å²) in [5, 5.41) is 14.9. The fourth-order valence-electron chi connectivity index (χ4n) is 2.46. The first-order valence-electron chi connectivity index (χ1n) is 6.63. The molecule has 3 N–H and O–H groups in total. The van der Waals surface area contributed by atoms with E-state index in [1.54, 1.807) is 18.2 Å². The van der Waals surface area contributed by atoms with Crippen molar-refractivity contribution in [3.05, 3.63) is 23.2 Å². The quantitative estimate of drug-likeness (QED) is 0.797. The number of hydrogen-bond acceptors (Lipinski definition) is 3. The molecule has 1 aromatic carbocycles. The normalized spacial score (nSPS) is 20.9. The van der Waals surface area contributed by atoms with Crippen molar-refractivity contribution in [1.29, 1.82) is 0 Å². The van der Waals surface area contributed by atoms with Crippen LogP contribution in [0.3, 0.4) is 0 Å². The first-order chi connectivity index (χ1) is 9.99. The van der Waals surface area contributed by atoms with Crippen molar-refractivity contribution in [3.63, 3.8) is 0 Å². The summed E-state index contributed by atoms with van der Waals surface area (Å²) in [6.45, 7) is 0. The molecule has 0 unspecified atom stereocenters. The summed E-state index contributed by atoms with van der Waals surface area (Å²) in [5.74, 6) is -0.684. The van der Waals surface area contributed by atoms with Crippen LogP contribution in [-0.2, 0) is 4.79 Å². The van der Waals surface area contributed by atoms with Gasteiger partial charge in [-0.25, -0.2) is 4.79 Å². The number of methoxy groups -OCH3 is 1. The lowest BCUT2D eigenvalue weighted by Crippen LogP contribution is -2.36. The van der Waals surface area contributed by atoms with Gasteiger partial charge in [0.15, 0.2) is 0 Å². The Bertz CT molecular complexity index is 550. The van der Waals surface area contributed by atoms with Crippen molar-refractivity contribution in [2.45, 2.75) is 25.3 Å². The Hall–Kier alpha value is -1.95. The van der Waals surface area contributed by atoms with Gasteiger partial charge in [0.05, 0.1) is 18.7 Å². The van der Waals surface area contributed by atoms with Gasteiger partial charge in [0.1, 0.15) is 5.75 Å². The first-order valence-corrected chi connectivity index (χ1v) is 7.01. The number of ether oxygens (including phenoxy) is 1. The summed E-state index contributed by atoms with van der Waals surface area (Å²) in [6.07, 6.45) is 1.70. The average Bonchev–Trinajstić information content (AvgIpc) is 2.87. The molecule has 7 heteroatoms. The van der Waals surface area contributed by atoms with E-state index in [1.165, 1.54) is 7.11 Å². The molecule has 0 aromatic heterocycles. The van der Waals surface area contributed by atoms with E-state index >= 15 is 0 Å². The molecule has 0 bridgehead atoms. The third-order valence-electron chi connectivity index (χ3n) is 3.53. The maximum Gasteiger partial charge on any atom is 0.319 e. The highest BCUT2D eigenvalue weighted by Crippen LogP contribution is 2.28. The monoisotopic (exact) mass is 312 g/mol. The van der Waals surface area contributed by atoms with Crippen LogP contribution in [0.5, 0.6) is 5.75 Å². The molecule has 2 rings (SSSR count). The fourth-order valence-corrected chi connectivity index (χ4v) is 2.63. The Morgan fingerprint density at radius 1 is 1.38 bits per heavy atom. The largest absolute Gasteiger partial charge is 0.495 e. The number of halogens is 1. The first kappa shape index (κ1) is 15.4. The van der Waals surface area contributed by atoms with Gasteiger partial charge in [-0.2, -0.15) is 0 Å². The van der Waals surface area contributed by atoms with E-state index in [0.717, 1.165) is 0 Å². The smallest absolute Gasteiger partial charge is 0.319 e. The molecule has 0 aliphatic heterocycles. The molecule has 0 heterocycles. The molecule has 0 spiro atoms.